The van der Waals surface area contributed by atoms with Crippen LogP contribution in [0.1, 0.15) is 20.8 Å². The molecule has 0 aliphatic carbocycles. The van der Waals surface area contributed by atoms with Gasteiger partial charge in [-0.05, 0) is 55.8 Å². The standard InChI is InChI=1S/C16H19BrO2/c1-16(2,3)19-9-8-18-15-7-5-12-10-14(17)6-4-13(12)11-15/h4-7,10-11H,8-9H2,1-3H3. The number of hydrogen-bond acceptors (Lipinski definition) is 2. The van der Waals surface area contributed by atoms with Crippen molar-refractivity contribution in [2.24, 2.45) is 0 Å². The SMILES string of the molecule is CC(C)(C)OCCOc1ccc2cc(Br)ccc2c1. The van der Waals surface area contributed by atoms with Crippen molar-refractivity contribution in [2.75, 3.05) is 13.2 Å². The lowest BCUT2D eigenvalue weighted by Crippen LogP contribution is -2.22. The van der Waals surface area contributed by atoms with E-state index in [1.165, 1.54) is 10.8 Å². The van der Waals surface area contributed by atoms with E-state index in [4.69, 9.17) is 9.47 Å². The van der Waals surface area contributed by atoms with Gasteiger partial charge in [0.25, 0.3) is 0 Å². The Bertz CT molecular complexity index is 558. The Kier molecular flexibility index (Phi) is 4.48. The molecule has 2 nitrogen and oxygen atoms in total. The third-order valence-corrected chi connectivity index (χ3v) is 3.15. The molecule has 0 heterocycles. The molecule has 19 heavy (non-hydrogen) atoms. The van der Waals surface area contributed by atoms with Crippen molar-refractivity contribution in [3.63, 3.8) is 0 Å². The van der Waals surface area contributed by atoms with Crippen LogP contribution in [0, 0.1) is 0 Å². The molecule has 0 saturated heterocycles. The maximum atomic E-state index is 5.70. The molecule has 0 bridgehead atoms. The highest BCUT2D eigenvalue weighted by atomic mass is 79.9. The molecule has 3 heteroatoms. The third-order valence-electron chi connectivity index (χ3n) is 2.66. The highest BCUT2D eigenvalue weighted by Crippen LogP contribution is 2.24. The van der Waals surface area contributed by atoms with E-state index in [2.05, 4.69) is 40.2 Å². The van der Waals surface area contributed by atoms with Gasteiger partial charge in [0.1, 0.15) is 12.4 Å². The highest BCUT2D eigenvalue weighted by Gasteiger charge is 2.09. The third kappa shape index (κ3) is 4.51. The van der Waals surface area contributed by atoms with Crippen LogP contribution in [0.3, 0.4) is 0 Å². The number of ether oxygens (including phenoxy) is 2. The molecule has 0 spiro atoms. The molecule has 0 aliphatic heterocycles. The summed E-state index contributed by atoms with van der Waals surface area (Å²) in [5.41, 5.74) is -0.112. The Morgan fingerprint density at radius 1 is 0.947 bits per heavy atom. The van der Waals surface area contributed by atoms with E-state index in [1.807, 2.05) is 32.9 Å². The van der Waals surface area contributed by atoms with Gasteiger partial charge in [-0.15, -0.1) is 0 Å². The first-order valence-electron chi connectivity index (χ1n) is 6.40. The van der Waals surface area contributed by atoms with E-state index in [9.17, 15) is 0 Å². The summed E-state index contributed by atoms with van der Waals surface area (Å²) in [6.07, 6.45) is 0. The van der Waals surface area contributed by atoms with Gasteiger partial charge in [-0.2, -0.15) is 0 Å². The number of hydrogen-bond donors (Lipinski definition) is 0. The summed E-state index contributed by atoms with van der Waals surface area (Å²) in [5.74, 6) is 0.882. The minimum atomic E-state index is -0.112. The average Bonchev–Trinajstić information content (AvgIpc) is 2.33. The molecule has 2 rings (SSSR count). The van der Waals surface area contributed by atoms with Crippen molar-refractivity contribution >= 4 is 26.7 Å². The van der Waals surface area contributed by atoms with E-state index in [-0.39, 0.29) is 5.60 Å². The van der Waals surface area contributed by atoms with Gasteiger partial charge in [0.15, 0.2) is 0 Å². The van der Waals surface area contributed by atoms with Crippen LogP contribution in [-0.4, -0.2) is 18.8 Å². The van der Waals surface area contributed by atoms with Crippen LogP contribution in [0.15, 0.2) is 40.9 Å². The zero-order valence-corrected chi connectivity index (χ0v) is 13.2. The molecular weight excluding hydrogens is 304 g/mol. The first kappa shape index (κ1) is 14.4. The molecular formula is C16H19BrO2. The molecule has 102 valence electrons. The smallest absolute Gasteiger partial charge is 0.120 e. The molecule has 0 saturated carbocycles. The van der Waals surface area contributed by atoms with Gasteiger partial charge in [-0.25, -0.2) is 0 Å². The molecule has 0 atom stereocenters. The second-order valence-electron chi connectivity index (χ2n) is 5.46. The summed E-state index contributed by atoms with van der Waals surface area (Å²) >= 11 is 3.47. The van der Waals surface area contributed by atoms with Gasteiger partial charge in [-0.3, -0.25) is 0 Å². The fourth-order valence-electron chi connectivity index (χ4n) is 1.79. The molecule has 0 unspecified atom stereocenters. The van der Waals surface area contributed by atoms with Crippen molar-refractivity contribution in [1.29, 1.82) is 0 Å². The molecule has 0 aliphatic rings. The predicted molar refractivity (Wildman–Crippen MR) is 82.8 cm³/mol. The van der Waals surface area contributed by atoms with Crippen LogP contribution >= 0.6 is 15.9 Å². The monoisotopic (exact) mass is 322 g/mol. The molecule has 0 amide bonds. The first-order valence-corrected chi connectivity index (χ1v) is 7.19. The van der Waals surface area contributed by atoms with Crippen molar-refractivity contribution in [3.8, 4) is 5.75 Å². The van der Waals surface area contributed by atoms with Crippen LogP contribution in [0.2, 0.25) is 0 Å². The fourth-order valence-corrected chi connectivity index (χ4v) is 2.17. The van der Waals surface area contributed by atoms with E-state index >= 15 is 0 Å². The summed E-state index contributed by atoms with van der Waals surface area (Å²) in [6, 6.07) is 12.3. The summed E-state index contributed by atoms with van der Waals surface area (Å²) < 4.78 is 12.4. The first-order chi connectivity index (χ1) is 8.94. The Morgan fingerprint density at radius 2 is 1.63 bits per heavy atom. The van der Waals surface area contributed by atoms with Gasteiger partial charge < -0.3 is 9.47 Å². The van der Waals surface area contributed by atoms with Crippen molar-refractivity contribution < 1.29 is 9.47 Å². The Morgan fingerprint density at radius 3 is 2.37 bits per heavy atom. The summed E-state index contributed by atoms with van der Waals surface area (Å²) in [5, 5.41) is 2.38. The van der Waals surface area contributed by atoms with Crippen molar-refractivity contribution in [3.05, 3.63) is 40.9 Å². The van der Waals surface area contributed by atoms with Crippen LogP contribution in [0.5, 0.6) is 5.75 Å². The van der Waals surface area contributed by atoms with Crippen LogP contribution in [-0.2, 0) is 4.74 Å². The zero-order valence-electron chi connectivity index (χ0n) is 11.6. The van der Waals surface area contributed by atoms with Crippen molar-refractivity contribution in [2.45, 2.75) is 26.4 Å². The number of rotatable bonds is 4. The molecule has 0 N–H and O–H groups in total. The lowest BCUT2D eigenvalue weighted by molar-refractivity contribution is -0.0162. The molecule has 0 aromatic heterocycles. The molecule has 0 radical (unpaired) electrons. The quantitative estimate of drug-likeness (QED) is 0.753. The minimum Gasteiger partial charge on any atom is -0.491 e. The molecule has 2 aromatic rings. The number of benzene rings is 2. The lowest BCUT2D eigenvalue weighted by atomic mass is 10.1. The summed E-state index contributed by atoms with van der Waals surface area (Å²) in [6.45, 7) is 7.30. The lowest BCUT2D eigenvalue weighted by Gasteiger charge is -2.19. The van der Waals surface area contributed by atoms with Gasteiger partial charge in [0.2, 0.25) is 0 Å². The maximum Gasteiger partial charge on any atom is 0.120 e. The number of fused-ring (bicyclic) bond motifs is 1. The van der Waals surface area contributed by atoms with Crippen molar-refractivity contribution in [1.82, 2.24) is 0 Å². The van der Waals surface area contributed by atoms with E-state index in [0.717, 1.165) is 10.2 Å². The maximum absolute atomic E-state index is 5.70. The van der Waals surface area contributed by atoms with Gasteiger partial charge in [-0.1, -0.05) is 28.1 Å². The topological polar surface area (TPSA) is 18.5 Å². The second-order valence-corrected chi connectivity index (χ2v) is 6.38. The van der Waals surface area contributed by atoms with E-state index in [0.29, 0.717) is 13.2 Å². The number of halogens is 1. The van der Waals surface area contributed by atoms with E-state index < -0.39 is 0 Å². The fraction of sp³-hybridized carbons (Fsp3) is 0.375. The second kappa shape index (κ2) is 5.93. The zero-order chi connectivity index (χ0) is 13.9. The Labute approximate surface area is 122 Å². The van der Waals surface area contributed by atoms with E-state index in [1.54, 1.807) is 0 Å². The normalized spacial score (nSPS) is 11.8. The van der Waals surface area contributed by atoms with Gasteiger partial charge in [0, 0.05) is 4.47 Å². The van der Waals surface area contributed by atoms with Gasteiger partial charge >= 0.3 is 0 Å². The van der Waals surface area contributed by atoms with Gasteiger partial charge in [0.05, 0.1) is 12.2 Å². The highest BCUT2D eigenvalue weighted by molar-refractivity contribution is 9.10. The summed E-state index contributed by atoms with van der Waals surface area (Å²) in [7, 11) is 0. The Hall–Kier alpha value is -1.06. The molecule has 0 fully saturated rings. The Balaban J connectivity index is 1.96. The average molecular weight is 323 g/mol. The minimum absolute atomic E-state index is 0.112. The largest absolute Gasteiger partial charge is 0.491 e. The van der Waals surface area contributed by atoms with Crippen LogP contribution in [0.25, 0.3) is 10.8 Å². The van der Waals surface area contributed by atoms with Crippen LogP contribution < -0.4 is 4.74 Å². The van der Waals surface area contributed by atoms with Crippen LogP contribution in [0.4, 0.5) is 0 Å². The predicted octanol–water partition coefficient (Wildman–Crippen LogP) is 4.80. The molecule has 2 aromatic carbocycles. The summed E-state index contributed by atoms with van der Waals surface area (Å²) in [4.78, 5) is 0.